The van der Waals surface area contributed by atoms with E-state index in [4.69, 9.17) is 10.5 Å². The minimum atomic E-state index is 0. The van der Waals surface area contributed by atoms with Crippen molar-refractivity contribution >= 4 is 8.07 Å². The van der Waals surface area contributed by atoms with Gasteiger partial charge < -0.3 is 24.8 Å². The average Bonchev–Trinajstić information content (AvgIpc) is 2.40. The molecule has 0 atom stereocenters. The fourth-order valence-electron chi connectivity index (χ4n) is 1.24. The van der Waals surface area contributed by atoms with Crippen molar-refractivity contribution in [2.75, 3.05) is 0 Å². The second kappa shape index (κ2) is 8.71. The third-order valence-electron chi connectivity index (χ3n) is 2.09. The summed E-state index contributed by atoms with van der Waals surface area (Å²) in [5.41, 5.74) is 1.37. The predicted octanol–water partition coefficient (Wildman–Crippen LogP) is -4.53. The van der Waals surface area contributed by atoms with Crippen LogP contribution in [0.25, 0.3) is 0 Å². The molecular formula is C14H8Cl2N2Pd. The molecule has 0 spiro atoms. The Morgan fingerprint density at radius 3 is 1.21 bits per heavy atom. The Balaban J connectivity index is 0.00000162. The molecule has 0 saturated carbocycles. The van der Waals surface area contributed by atoms with E-state index >= 15 is 0 Å². The van der Waals surface area contributed by atoms with Gasteiger partial charge in [0.15, 0.2) is 0 Å². The van der Waals surface area contributed by atoms with E-state index in [9.17, 15) is 0 Å². The first-order valence-electron chi connectivity index (χ1n) is 4.91. The smallest absolute Gasteiger partial charge is 1.00 e. The van der Waals surface area contributed by atoms with Gasteiger partial charge in [0, 0.05) is 0 Å². The van der Waals surface area contributed by atoms with Gasteiger partial charge in [-0.25, -0.2) is 0 Å². The molecule has 98 valence electrons. The van der Waals surface area contributed by atoms with Crippen LogP contribution in [0.4, 0.5) is 0 Å². The van der Waals surface area contributed by atoms with Gasteiger partial charge in [-0.2, -0.15) is 0 Å². The number of benzene rings is 2. The normalized spacial score (nSPS) is 8.53. The standard InChI is InChI=1S/2C7H4N.2ClH.Pd/c2*8-6-7-4-2-1-3-5-7;;;/h2*2-5H;2*1H;/q;;;;+2/p-2. The van der Waals surface area contributed by atoms with Gasteiger partial charge in [0.2, 0.25) is 0 Å². The SMILES string of the molecule is N#Cc1cc[c]([Pd+2][c]2ccc(C#N)cc2)cc1.[Cl-].[Cl-]. The van der Waals surface area contributed by atoms with Crippen LogP contribution in [0.1, 0.15) is 11.1 Å². The zero-order valence-corrected chi connectivity index (χ0v) is 12.7. The topological polar surface area (TPSA) is 47.6 Å². The molecule has 2 aromatic carbocycles. The Morgan fingerprint density at radius 1 is 0.632 bits per heavy atom. The Labute approximate surface area is 133 Å². The Kier molecular flexibility index (Phi) is 8.10. The van der Waals surface area contributed by atoms with Gasteiger partial charge >= 0.3 is 108 Å². The summed E-state index contributed by atoms with van der Waals surface area (Å²) >= 11 is 0.343. The number of rotatable bonds is 2. The van der Waals surface area contributed by atoms with Gasteiger partial charge in [0.1, 0.15) is 0 Å². The van der Waals surface area contributed by atoms with Crippen LogP contribution in [0.3, 0.4) is 0 Å². The van der Waals surface area contributed by atoms with Gasteiger partial charge in [-0.3, -0.25) is 0 Å². The summed E-state index contributed by atoms with van der Waals surface area (Å²) in [4.78, 5) is 0. The summed E-state index contributed by atoms with van der Waals surface area (Å²) in [6.45, 7) is 0. The number of hydrogen-bond donors (Lipinski definition) is 0. The van der Waals surface area contributed by atoms with E-state index in [0.717, 1.165) is 0 Å². The Bertz CT molecular complexity index is 540. The quantitative estimate of drug-likeness (QED) is 0.492. The van der Waals surface area contributed by atoms with E-state index < -0.39 is 0 Å². The summed E-state index contributed by atoms with van der Waals surface area (Å²) in [5, 5.41) is 17.4. The summed E-state index contributed by atoms with van der Waals surface area (Å²) < 4.78 is 2.42. The summed E-state index contributed by atoms with van der Waals surface area (Å²) in [5.74, 6) is 0. The van der Waals surface area contributed by atoms with Crippen LogP contribution in [0.2, 0.25) is 0 Å². The molecule has 0 aliphatic carbocycles. The van der Waals surface area contributed by atoms with Crippen molar-refractivity contribution in [2.45, 2.75) is 0 Å². The molecule has 5 heteroatoms. The largest absolute Gasteiger partial charge is 1.00 e. The van der Waals surface area contributed by atoms with Gasteiger partial charge in [0.25, 0.3) is 0 Å². The fourth-order valence-corrected chi connectivity index (χ4v) is 2.79. The Hall–Kier alpha value is -1.34. The number of halogens is 2. The summed E-state index contributed by atoms with van der Waals surface area (Å²) in [6.07, 6.45) is 0. The van der Waals surface area contributed by atoms with Crippen LogP contribution in [0.5, 0.6) is 0 Å². The van der Waals surface area contributed by atoms with Crippen molar-refractivity contribution in [2.24, 2.45) is 0 Å². The molecule has 0 fully saturated rings. The Morgan fingerprint density at radius 2 is 0.947 bits per heavy atom. The second-order valence-electron chi connectivity index (χ2n) is 3.25. The van der Waals surface area contributed by atoms with Crippen LogP contribution in [0, 0.1) is 22.7 Å². The molecule has 0 N–H and O–H groups in total. The van der Waals surface area contributed by atoms with E-state index in [-0.39, 0.29) is 24.8 Å². The van der Waals surface area contributed by atoms with Crippen molar-refractivity contribution in [3.8, 4) is 12.1 Å². The third-order valence-corrected chi connectivity index (χ3v) is 4.02. The zero-order chi connectivity index (χ0) is 12.1. The number of nitrogens with zero attached hydrogens (tertiary/aromatic N) is 2. The first kappa shape index (κ1) is 17.7. The number of hydrogen-bond acceptors (Lipinski definition) is 2. The van der Waals surface area contributed by atoms with Crippen LogP contribution >= 0.6 is 0 Å². The van der Waals surface area contributed by atoms with Crippen LogP contribution in [-0.2, 0) is 18.0 Å². The molecule has 2 aromatic rings. The molecule has 0 aliphatic rings. The van der Waals surface area contributed by atoms with Crippen LogP contribution in [0.15, 0.2) is 48.5 Å². The molecular weight excluding hydrogens is 373 g/mol. The molecule has 19 heavy (non-hydrogen) atoms. The van der Waals surface area contributed by atoms with Crippen molar-refractivity contribution in [3.05, 3.63) is 59.7 Å². The maximum absolute atomic E-state index is 8.70. The predicted molar refractivity (Wildman–Crippen MR) is 61.6 cm³/mol. The molecule has 0 aromatic heterocycles. The van der Waals surface area contributed by atoms with Crippen LogP contribution < -0.4 is 32.9 Å². The molecule has 0 aliphatic heterocycles. The minimum Gasteiger partial charge on any atom is -1.00 e. The average molecular weight is 382 g/mol. The maximum Gasteiger partial charge on any atom is -1.00 e. The van der Waals surface area contributed by atoms with Gasteiger partial charge in [-0.1, -0.05) is 0 Å². The minimum absolute atomic E-state index is 0. The fraction of sp³-hybridized carbons (Fsp3) is 0. The van der Waals surface area contributed by atoms with Gasteiger partial charge in [0.05, 0.1) is 0 Å². The number of nitriles is 2. The molecule has 2 nitrogen and oxygen atoms in total. The molecule has 0 saturated heterocycles. The van der Waals surface area contributed by atoms with Crippen molar-refractivity contribution in [1.82, 2.24) is 0 Å². The van der Waals surface area contributed by atoms with E-state index in [0.29, 0.717) is 29.1 Å². The molecule has 0 unspecified atom stereocenters. The first-order chi connectivity index (χ1) is 8.31. The van der Waals surface area contributed by atoms with E-state index in [1.807, 2.05) is 48.5 Å². The van der Waals surface area contributed by atoms with Gasteiger partial charge in [-0.05, 0) is 0 Å². The second-order valence-corrected chi connectivity index (χ2v) is 5.43. The monoisotopic (exact) mass is 380 g/mol. The molecule has 0 heterocycles. The van der Waals surface area contributed by atoms with E-state index in [2.05, 4.69) is 12.1 Å². The van der Waals surface area contributed by atoms with Crippen molar-refractivity contribution in [1.29, 1.82) is 10.5 Å². The zero-order valence-electron chi connectivity index (χ0n) is 9.59. The van der Waals surface area contributed by atoms with Crippen molar-refractivity contribution in [3.63, 3.8) is 0 Å². The van der Waals surface area contributed by atoms with Crippen LogP contribution in [-0.4, -0.2) is 0 Å². The van der Waals surface area contributed by atoms with Gasteiger partial charge in [-0.15, -0.1) is 0 Å². The third kappa shape index (κ3) is 5.04. The summed E-state index contributed by atoms with van der Waals surface area (Å²) in [6, 6.07) is 19.4. The van der Waals surface area contributed by atoms with E-state index in [1.165, 1.54) is 8.07 Å². The van der Waals surface area contributed by atoms with E-state index in [1.54, 1.807) is 0 Å². The maximum atomic E-state index is 8.70. The molecule has 2 rings (SSSR count). The molecule has 0 amide bonds. The summed E-state index contributed by atoms with van der Waals surface area (Å²) in [7, 11) is 0. The van der Waals surface area contributed by atoms with Crippen molar-refractivity contribution < 1.29 is 42.8 Å². The first-order valence-corrected chi connectivity index (χ1v) is 6.46. The molecule has 0 bridgehead atoms. The molecule has 0 radical (unpaired) electrons.